The molecule has 1 aliphatic rings. The van der Waals surface area contributed by atoms with Gasteiger partial charge >= 0.3 is 0 Å². The molecule has 1 amide bonds. The van der Waals surface area contributed by atoms with Crippen LogP contribution in [0, 0.1) is 0 Å². The Hall–Kier alpha value is -1.19. The van der Waals surface area contributed by atoms with Gasteiger partial charge in [0.1, 0.15) is 0 Å². The number of hydrogen-bond donors (Lipinski definition) is 1. The van der Waals surface area contributed by atoms with Crippen molar-refractivity contribution in [2.45, 2.75) is 13.3 Å². The van der Waals surface area contributed by atoms with Crippen LogP contribution in [-0.2, 0) is 4.79 Å². The molecule has 48 valence electrons. The van der Waals surface area contributed by atoms with Crippen LogP contribution in [0.4, 0.5) is 0 Å². The first kappa shape index (κ1) is 5.94. The number of carbonyl (C=O) groups excluding carboxylic acids is 1. The third-order valence-corrected chi connectivity index (χ3v) is 1.05. The molecule has 1 N–H and O–H groups in total. The van der Waals surface area contributed by atoms with Gasteiger partial charge in [-0.25, -0.2) is 0 Å². The zero-order valence-electron chi connectivity index (χ0n) is 4.96. The van der Waals surface area contributed by atoms with Crippen LogP contribution in [0.3, 0.4) is 0 Å². The first-order valence-corrected chi connectivity index (χ1v) is 2.53. The molecule has 9 heavy (non-hydrogen) atoms. The van der Waals surface area contributed by atoms with E-state index in [1.807, 2.05) is 0 Å². The number of nitrogens with zero attached hydrogens (tertiary/aromatic N) is 2. The van der Waals surface area contributed by atoms with Crippen LogP contribution < -0.4 is 0 Å². The van der Waals surface area contributed by atoms with Crippen molar-refractivity contribution in [1.29, 1.82) is 0 Å². The second kappa shape index (κ2) is 1.97. The Morgan fingerprint density at radius 1 is 1.56 bits per heavy atom. The largest absolute Gasteiger partial charge is 0.492 e. The molecule has 4 nitrogen and oxygen atoms in total. The van der Waals surface area contributed by atoms with E-state index in [1.54, 1.807) is 6.92 Å². The summed E-state index contributed by atoms with van der Waals surface area (Å²) in [5.41, 5.74) is 0.579. The van der Waals surface area contributed by atoms with Crippen LogP contribution in [0.2, 0.25) is 0 Å². The Morgan fingerprint density at radius 3 is 2.67 bits per heavy atom. The summed E-state index contributed by atoms with van der Waals surface area (Å²) < 4.78 is 0. The highest BCUT2D eigenvalue weighted by molar-refractivity contribution is 5.79. The lowest BCUT2D eigenvalue weighted by Crippen LogP contribution is -2.00. The van der Waals surface area contributed by atoms with Gasteiger partial charge in [0.2, 0.25) is 5.88 Å². The maximum Gasteiger partial charge on any atom is 0.269 e. The highest BCUT2D eigenvalue weighted by atomic mass is 16.3. The van der Waals surface area contributed by atoms with Crippen molar-refractivity contribution in [3.8, 4) is 0 Å². The van der Waals surface area contributed by atoms with Crippen molar-refractivity contribution in [1.82, 2.24) is 0 Å². The highest BCUT2D eigenvalue weighted by Gasteiger charge is 2.10. The minimum Gasteiger partial charge on any atom is -0.492 e. The second-order valence-electron chi connectivity index (χ2n) is 1.87. The Morgan fingerprint density at radius 2 is 2.22 bits per heavy atom. The quantitative estimate of drug-likeness (QED) is 0.529. The molecule has 1 rings (SSSR count). The fourth-order valence-corrected chi connectivity index (χ4v) is 0.530. The van der Waals surface area contributed by atoms with E-state index in [1.165, 1.54) is 0 Å². The maximum atomic E-state index is 10.4. The van der Waals surface area contributed by atoms with Gasteiger partial charge < -0.3 is 5.11 Å². The smallest absolute Gasteiger partial charge is 0.269 e. The van der Waals surface area contributed by atoms with Crippen molar-refractivity contribution in [2.24, 2.45) is 10.2 Å². The summed E-state index contributed by atoms with van der Waals surface area (Å²) in [6, 6.07) is 0. The standard InChI is InChI=1S/C5H6N2O2/c1-3-2-4(8)6-7-5(3)9/h9H,2H2,1H3. The van der Waals surface area contributed by atoms with Gasteiger partial charge in [0.15, 0.2) is 0 Å². The molecule has 0 spiro atoms. The summed E-state index contributed by atoms with van der Waals surface area (Å²) in [5, 5.41) is 15.1. The van der Waals surface area contributed by atoms with Crippen LogP contribution >= 0.6 is 0 Å². The first-order valence-electron chi connectivity index (χ1n) is 2.53. The van der Waals surface area contributed by atoms with Gasteiger partial charge in [-0.2, -0.15) is 0 Å². The number of rotatable bonds is 0. The summed E-state index contributed by atoms with van der Waals surface area (Å²) in [4.78, 5) is 10.4. The Labute approximate surface area is 51.9 Å². The van der Waals surface area contributed by atoms with Gasteiger partial charge in [-0.05, 0) is 12.5 Å². The molecule has 0 aromatic heterocycles. The van der Waals surface area contributed by atoms with Gasteiger partial charge in [0.05, 0.1) is 6.42 Å². The molecule has 0 aromatic rings. The van der Waals surface area contributed by atoms with Gasteiger partial charge in [0, 0.05) is 0 Å². The molecule has 0 fully saturated rings. The molecule has 0 aromatic carbocycles. The third kappa shape index (κ3) is 1.13. The van der Waals surface area contributed by atoms with Crippen LogP contribution in [-0.4, -0.2) is 11.0 Å². The van der Waals surface area contributed by atoms with E-state index in [0.29, 0.717) is 5.57 Å². The van der Waals surface area contributed by atoms with E-state index >= 15 is 0 Å². The van der Waals surface area contributed by atoms with Gasteiger partial charge in [-0.1, -0.05) is 0 Å². The van der Waals surface area contributed by atoms with E-state index in [2.05, 4.69) is 10.2 Å². The van der Waals surface area contributed by atoms with E-state index in [4.69, 9.17) is 5.11 Å². The zero-order valence-corrected chi connectivity index (χ0v) is 4.96. The predicted octanol–water partition coefficient (Wildman–Crippen LogP) is 1.16. The number of aliphatic hydroxyl groups is 1. The summed E-state index contributed by atoms with van der Waals surface area (Å²) in [6.07, 6.45) is 0.190. The van der Waals surface area contributed by atoms with Crippen molar-refractivity contribution in [3.63, 3.8) is 0 Å². The number of azo groups is 1. The minimum atomic E-state index is -0.301. The number of aliphatic hydroxyl groups excluding tert-OH is 1. The fraction of sp³-hybridized carbons (Fsp3) is 0.400. The molecule has 1 aliphatic heterocycles. The molecule has 0 unspecified atom stereocenters. The molecule has 0 bridgehead atoms. The topological polar surface area (TPSA) is 62.0 Å². The average molecular weight is 126 g/mol. The fourth-order valence-electron chi connectivity index (χ4n) is 0.530. The van der Waals surface area contributed by atoms with Crippen molar-refractivity contribution >= 4 is 5.91 Å². The van der Waals surface area contributed by atoms with Crippen molar-refractivity contribution in [3.05, 3.63) is 11.5 Å². The van der Waals surface area contributed by atoms with Gasteiger partial charge in [-0.15, -0.1) is 10.2 Å². The Balaban J connectivity index is 2.87. The summed E-state index contributed by atoms with van der Waals surface area (Å²) in [5.74, 6) is -0.431. The van der Waals surface area contributed by atoms with Gasteiger partial charge in [0.25, 0.3) is 5.91 Å². The van der Waals surface area contributed by atoms with E-state index < -0.39 is 0 Å². The predicted molar refractivity (Wildman–Crippen MR) is 29.8 cm³/mol. The molecule has 4 heteroatoms. The van der Waals surface area contributed by atoms with Crippen molar-refractivity contribution in [2.75, 3.05) is 0 Å². The van der Waals surface area contributed by atoms with Crippen LogP contribution in [0.15, 0.2) is 21.7 Å². The highest BCUT2D eigenvalue weighted by Crippen LogP contribution is 2.13. The number of carbonyl (C=O) groups is 1. The molecule has 0 radical (unpaired) electrons. The maximum absolute atomic E-state index is 10.4. The molecule has 1 heterocycles. The zero-order chi connectivity index (χ0) is 6.85. The lowest BCUT2D eigenvalue weighted by Gasteiger charge is -2.01. The minimum absolute atomic E-state index is 0.130. The van der Waals surface area contributed by atoms with E-state index in [0.717, 1.165) is 0 Å². The van der Waals surface area contributed by atoms with Crippen LogP contribution in [0.1, 0.15) is 13.3 Å². The Bertz CT molecular complexity index is 205. The monoisotopic (exact) mass is 126 g/mol. The van der Waals surface area contributed by atoms with Crippen LogP contribution in [0.5, 0.6) is 0 Å². The lowest BCUT2D eigenvalue weighted by molar-refractivity contribution is -0.118. The van der Waals surface area contributed by atoms with Crippen molar-refractivity contribution < 1.29 is 9.90 Å². The molecular weight excluding hydrogens is 120 g/mol. The third-order valence-electron chi connectivity index (χ3n) is 1.05. The summed E-state index contributed by atoms with van der Waals surface area (Å²) in [7, 11) is 0. The van der Waals surface area contributed by atoms with E-state index in [9.17, 15) is 4.79 Å². The molecular formula is C5H6N2O2. The SMILES string of the molecule is CC1=C(O)N=NC(=O)C1. The molecule has 0 aliphatic carbocycles. The average Bonchev–Trinajstić information content (AvgIpc) is 1.80. The number of amides is 1. The molecule has 0 atom stereocenters. The van der Waals surface area contributed by atoms with Crippen LogP contribution in [0.25, 0.3) is 0 Å². The van der Waals surface area contributed by atoms with Gasteiger partial charge in [-0.3, -0.25) is 4.79 Å². The summed E-state index contributed by atoms with van der Waals surface area (Å²) in [6.45, 7) is 1.64. The lowest BCUT2D eigenvalue weighted by atomic mass is 10.2. The number of hydrogen-bond acceptors (Lipinski definition) is 3. The summed E-state index contributed by atoms with van der Waals surface area (Å²) >= 11 is 0. The normalized spacial score (nSPS) is 19.0. The Kier molecular flexibility index (Phi) is 1.30. The second-order valence-corrected chi connectivity index (χ2v) is 1.87. The first-order chi connectivity index (χ1) is 4.20. The molecule has 0 saturated heterocycles. The van der Waals surface area contributed by atoms with E-state index in [-0.39, 0.29) is 18.2 Å². The molecule has 0 saturated carbocycles.